The molecular formula is C11H8NY. The second-order valence-corrected chi connectivity index (χ2v) is 3.60. The Morgan fingerprint density at radius 1 is 1.08 bits per heavy atom. The van der Waals surface area contributed by atoms with Gasteiger partial charge in [-0.2, -0.15) is 0 Å². The summed E-state index contributed by atoms with van der Waals surface area (Å²) in [5.41, 5.74) is 7.89. The van der Waals surface area contributed by atoms with Crippen molar-refractivity contribution in [2.24, 2.45) is 0 Å². The molecule has 2 aromatic rings. The maximum absolute atomic E-state index is 5.91. The summed E-state index contributed by atoms with van der Waals surface area (Å²) in [6.07, 6.45) is 0. The van der Waals surface area contributed by atoms with Gasteiger partial charge in [-0.25, -0.2) is 0 Å². The topological polar surface area (TPSA) is 26.0 Å². The SMILES string of the molecule is Nc1cccc2cccc([C]#[Y])c12. The van der Waals surface area contributed by atoms with E-state index in [9.17, 15) is 0 Å². The number of fused-ring (bicyclic) bond motifs is 1. The molecule has 2 rings (SSSR count). The van der Waals surface area contributed by atoms with Gasteiger partial charge in [-0.15, -0.1) is 0 Å². The summed E-state index contributed by atoms with van der Waals surface area (Å²) in [5, 5.41) is 2.33. The summed E-state index contributed by atoms with van der Waals surface area (Å²) in [4.78, 5) is 0. The summed E-state index contributed by atoms with van der Waals surface area (Å²) in [6, 6.07) is 12.2. The third-order valence-electron chi connectivity index (χ3n) is 2.09. The molecule has 0 amide bonds. The van der Waals surface area contributed by atoms with Crippen LogP contribution < -0.4 is 5.73 Å². The Morgan fingerprint density at radius 2 is 1.77 bits per heavy atom. The quantitative estimate of drug-likeness (QED) is 0.706. The van der Waals surface area contributed by atoms with Gasteiger partial charge in [0.25, 0.3) is 0 Å². The van der Waals surface area contributed by atoms with Crippen molar-refractivity contribution in [3.05, 3.63) is 42.0 Å². The monoisotopic (exact) mass is 243 g/mol. The average molecular weight is 243 g/mol. The maximum atomic E-state index is 5.91. The zero-order valence-corrected chi connectivity index (χ0v) is 9.96. The molecule has 0 saturated heterocycles. The molecule has 60 valence electrons. The first-order valence-corrected chi connectivity index (χ1v) is 5.48. The van der Waals surface area contributed by atoms with Gasteiger partial charge in [0.05, 0.1) is 0 Å². The van der Waals surface area contributed by atoms with Crippen molar-refractivity contribution in [3.63, 3.8) is 0 Å². The van der Waals surface area contributed by atoms with Gasteiger partial charge in [0, 0.05) is 0 Å². The van der Waals surface area contributed by atoms with Gasteiger partial charge in [-0.3, -0.25) is 0 Å². The predicted molar refractivity (Wildman–Crippen MR) is 51.4 cm³/mol. The molecule has 2 N–H and O–H groups in total. The van der Waals surface area contributed by atoms with Crippen LogP contribution in [0.4, 0.5) is 5.69 Å². The van der Waals surface area contributed by atoms with Gasteiger partial charge in [0.2, 0.25) is 0 Å². The number of nitrogens with two attached hydrogens (primary N) is 1. The van der Waals surface area contributed by atoms with Crippen molar-refractivity contribution >= 4 is 16.5 Å². The number of hydrogen-bond donors (Lipinski definition) is 1. The molecule has 0 heterocycles. The minimum absolute atomic E-state index is 0.843. The predicted octanol–water partition coefficient (Wildman–Crippen LogP) is 2.28. The molecule has 0 bridgehead atoms. The van der Waals surface area contributed by atoms with Crippen LogP contribution in [0.2, 0.25) is 0 Å². The van der Waals surface area contributed by atoms with Crippen molar-refractivity contribution in [1.29, 1.82) is 0 Å². The van der Waals surface area contributed by atoms with Crippen LogP contribution in [0.5, 0.6) is 0 Å². The second-order valence-electron chi connectivity index (χ2n) is 2.90. The Balaban J connectivity index is 2.97. The first-order valence-electron chi connectivity index (χ1n) is 4.07. The van der Waals surface area contributed by atoms with Gasteiger partial charge in [-0.1, -0.05) is 0 Å². The fourth-order valence-corrected chi connectivity index (χ4v) is 2.08. The molecule has 1 nitrogen and oxygen atoms in total. The van der Waals surface area contributed by atoms with E-state index < -0.39 is 0 Å². The minimum atomic E-state index is 0.843. The molecule has 2 aromatic carbocycles. The molecule has 0 fully saturated rings. The van der Waals surface area contributed by atoms with E-state index in [0.29, 0.717) is 0 Å². The van der Waals surface area contributed by atoms with Crippen molar-refractivity contribution in [2.45, 2.75) is 0 Å². The van der Waals surface area contributed by atoms with E-state index in [2.05, 4.69) is 20.8 Å². The van der Waals surface area contributed by atoms with E-state index in [1.807, 2.05) is 18.2 Å². The zero-order valence-electron chi connectivity index (χ0n) is 7.12. The standard InChI is InChI=1S/C11H8N.Y/c1-8-4-2-5-9-6-3-7-10(12)11(8)9;/h2-7H,12H2;. The van der Waals surface area contributed by atoms with Crippen molar-refractivity contribution < 1.29 is 30.2 Å². The number of rotatable bonds is 0. The Labute approximate surface area is 96.4 Å². The molecule has 0 unspecified atom stereocenters. The Hall–Kier alpha value is -0.616. The third-order valence-corrected chi connectivity index (χ3v) is 2.86. The molecule has 2 heteroatoms. The first kappa shape index (κ1) is 8.96. The number of hydrogen-bond acceptors (Lipinski definition) is 1. The van der Waals surface area contributed by atoms with Crippen molar-refractivity contribution in [3.8, 4) is 2.59 Å². The summed E-state index contributed by atoms with van der Waals surface area (Å²) in [5.74, 6) is 0. The van der Waals surface area contributed by atoms with E-state index in [-0.39, 0.29) is 0 Å². The zero-order chi connectivity index (χ0) is 9.26. The molecule has 0 aliphatic carbocycles. The van der Waals surface area contributed by atoms with Gasteiger partial charge in [0.1, 0.15) is 0 Å². The summed E-state index contributed by atoms with van der Waals surface area (Å²) >= 11 is 1.00. The number of nitrogen functional groups attached to an aromatic ring is 1. The third kappa shape index (κ3) is 1.56. The van der Waals surface area contributed by atoms with Gasteiger partial charge in [0.15, 0.2) is 0 Å². The summed E-state index contributed by atoms with van der Waals surface area (Å²) in [6.45, 7) is 0. The van der Waals surface area contributed by atoms with Gasteiger partial charge >= 0.3 is 97.0 Å². The van der Waals surface area contributed by atoms with Crippen LogP contribution >= 0.6 is 0 Å². The van der Waals surface area contributed by atoms with Crippen molar-refractivity contribution in [1.82, 2.24) is 0 Å². The molecule has 0 atom stereocenters. The fraction of sp³-hybridized carbons (Fsp3) is 0. The molecule has 13 heavy (non-hydrogen) atoms. The number of benzene rings is 2. The van der Waals surface area contributed by atoms with E-state index in [0.717, 1.165) is 46.9 Å². The molecule has 0 radical (unpaired) electrons. The first-order chi connectivity index (χ1) is 6.33. The second kappa shape index (κ2) is 3.63. The molecular weight excluding hydrogens is 235 g/mol. The Kier molecular flexibility index (Phi) is 2.50. The molecule has 0 aliphatic rings. The van der Waals surface area contributed by atoms with Crippen LogP contribution in [0.15, 0.2) is 36.4 Å². The Morgan fingerprint density at radius 3 is 2.46 bits per heavy atom. The van der Waals surface area contributed by atoms with Crippen LogP contribution in [-0.4, -0.2) is 0 Å². The van der Waals surface area contributed by atoms with Crippen molar-refractivity contribution in [2.75, 3.05) is 5.73 Å². The average Bonchev–Trinajstić information content (AvgIpc) is 2.17. The van der Waals surface area contributed by atoms with Gasteiger partial charge < -0.3 is 0 Å². The van der Waals surface area contributed by atoms with Gasteiger partial charge in [-0.05, 0) is 0 Å². The normalized spacial score (nSPS) is 10.0. The van der Waals surface area contributed by atoms with Crippen LogP contribution in [0.25, 0.3) is 10.8 Å². The molecule has 0 spiro atoms. The van der Waals surface area contributed by atoms with E-state index in [1.165, 1.54) is 5.39 Å². The van der Waals surface area contributed by atoms with Crippen LogP contribution in [0, 0.1) is 2.59 Å². The van der Waals surface area contributed by atoms with E-state index in [4.69, 9.17) is 5.73 Å². The molecule has 0 saturated carbocycles. The summed E-state index contributed by atoms with van der Waals surface area (Å²) < 4.78 is 3.26. The Bertz CT molecular complexity index is 492. The summed E-state index contributed by atoms with van der Waals surface area (Å²) in [7, 11) is 0. The van der Waals surface area contributed by atoms with Crippen LogP contribution in [-0.2, 0) is 30.2 Å². The number of anilines is 1. The fourth-order valence-electron chi connectivity index (χ4n) is 1.49. The van der Waals surface area contributed by atoms with E-state index in [1.54, 1.807) is 0 Å². The van der Waals surface area contributed by atoms with E-state index >= 15 is 0 Å². The molecule has 0 aromatic heterocycles. The van der Waals surface area contributed by atoms with Crippen LogP contribution in [0.3, 0.4) is 0 Å². The molecule has 0 aliphatic heterocycles. The van der Waals surface area contributed by atoms with Crippen LogP contribution in [0.1, 0.15) is 5.56 Å².